The Morgan fingerprint density at radius 2 is 2.15 bits per heavy atom. The maximum atomic E-state index is 9.22. The van der Waals surface area contributed by atoms with E-state index in [4.69, 9.17) is 0 Å². The van der Waals surface area contributed by atoms with Gasteiger partial charge in [0, 0.05) is 0 Å². The first-order chi connectivity index (χ1) is 6.20. The summed E-state index contributed by atoms with van der Waals surface area (Å²) in [6, 6.07) is 0. The molecular formula is C12H20O. The molecule has 0 heterocycles. The van der Waals surface area contributed by atoms with Gasteiger partial charge < -0.3 is 5.11 Å². The minimum absolute atomic E-state index is 0.308. The molecule has 0 aliphatic heterocycles. The molecule has 0 rings (SSSR count). The van der Waals surface area contributed by atoms with Crippen LogP contribution in [-0.4, -0.2) is 5.11 Å². The van der Waals surface area contributed by atoms with E-state index in [-0.39, 0.29) is 0 Å². The second kappa shape index (κ2) is 7.66. The van der Waals surface area contributed by atoms with Crippen molar-refractivity contribution in [3.63, 3.8) is 0 Å². The smallest absolute Gasteiger partial charge is 0.115 e. The van der Waals surface area contributed by atoms with Crippen LogP contribution < -0.4 is 0 Å². The van der Waals surface area contributed by atoms with Crippen LogP contribution in [-0.2, 0) is 0 Å². The van der Waals surface area contributed by atoms with Gasteiger partial charge in [-0.2, -0.15) is 0 Å². The second-order valence-electron chi connectivity index (χ2n) is 3.24. The van der Waals surface area contributed by atoms with E-state index in [2.05, 4.69) is 19.9 Å². The normalized spacial score (nSPS) is 15.8. The van der Waals surface area contributed by atoms with Crippen molar-refractivity contribution >= 4 is 0 Å². The third kappa shape index (κ3) is 7.38. The van der Waals surface area contributed by atoms with Crippen molar-refractivity contribution in [2.45, 2.75) is 33.6 Å². The molecule has 1 nitrogen and oxygen atoms in total. The lowest BCUT2D eigenvalue weighted by molar-refractivity contribution is 0.432. The Balaban J connectivity index is 3.91. The minimum Gasteiger partial charge on any atom is -0.508 e. The average Bonchev–Trinajstić information content (AvgIpc) is 2.05. The third-order valence-corrected chi connectivity index (χ3v) is 1.79. The van der Waals surface area contributed by atoms with Crippen LogP contribution in [0.1, 0.15) is 33.6 Å². The number of hydrogen-bond acceptors (Lipinski definition) is 1. The molecule has 1 unspecified atom stereocenters. The number of allylic oxidation sites excluding steroid dienone is 5. The molecule has 13 heavy (non-hydrogen) atoms. The summed E-state index contributed by atoms with van der Waals surface area (Å²) in [6.07, 6.45) is 11.6. The molecule has 0 saturated heterocycles. The van der Waals surface area contributed by atoms with Crippen LogP contribution in [0.3, 0.4) is 0 Å². The van der Waals surface area contributed by atoms with Crippen molar-refractivity contribution in [1.82, 2.24) is 0 Å². The highest BCUT2D eigenvalue weighted by atomic mass is 16.3. The van der Waals surface area contributed by atoms with Gasteiger partial charge in [0.05, 0.1) is 0 Å². The molecule has 74 valence electrons. The Kier molecular flexibility index (Phi) is 7.08. The van der Waals surface area contributed by atoms with E-state index in [0.717, 1.165) is 0 Å². The molecule has 0 aromatic rings. The van der Waals surface area contributed by atoms with Gasteiger partial charge in [0.1, 0.15) is 5.76 Å². The summed E-state index contributed by atoms with van der Waals surface area (Å²) in [5.41, 5.74) is 0. The highest BCUT2D eigenvalue weighted by Gasteiger charge is 1.91. The van der Waals surface area contributed by atoms with Crippen molar-refractivity contribution < 1.29 is 5.11 Å². The van der Waals surface area contributed by atoms with Crippen LogP contribution in [0, 0.1) is 5.92 Å². The van der Waals surface area contributed by atoms with Gasteiger partial charge in [0.2, 0.25) is 0 Å². The zero-order valence-corrected chi connectivity index (χ0v) is 8.83. The SMILES string of the molecule is C\C=C/C(O)=C\C=C/C(C)CCC. The van der Waals surface area contributed by atoms with Crippen molar-refractivity contribution in [3.8, 4) is 0 Å². The molecule has 0 aliphatic rings. The molecule has 0 saturated carbocycles. The maximum absolute atomic E-state index is 9.22. The molecule has 1 N–H and O–H groups in total. The van der Waals surface area contributed by atoms with Gasteiger partial charge in [-0.05, 0) is 31.4 Å². The Bertz CT molecular complexity index is 199. The van der Waals surface area contributed by atoms with Gasteiger partial charge in [-0.1, -0.05) is 38.5 Å². The third-order valence-electron chi connectivity index (χ3n) is 1.79. The van der Waals surface area contributed by atoms with E-state index in [1.807, 2.05) is 19.1 Å². The molecule has 0 aromatic heterocycles. The van der Waals surface area contributed by atoms with Crippen molar-refractivity contribution in [1.29, 1.82) is 0 Å². The summed E-state index contributed by atoms with van der Waals surface area (Å²) in [5.74, 6) is 0.905. The van der Waals surface area contributed by atoms with Crippen LogP contribution in [0.25, 0.3) is 0 Å². The Labute approximate surface area is 81.5 Å². The number of aliphatic hydroxyl groups excluding tert-OH is 1. The number of aliphatic hydroxyl groups is 1. The Morgan fingerprint density at radius 3 is 2.69 bits per heavy atom. The van der Waals surface area contributed by atoms with E-state index in [9.17, 15) is 5.11 Å². The summed E-state index contributed by atoms with van der Waals surface area (Å²) in [7, 11) is 0. The van der Waals surface area contributed by atoms with Crippen LogP contribution in [0.15, 0.2) is 36.1 Å². The number of rotatable bonds is 5. The van der Waals surface area contributed by atoms with Gasteiger partial charge >= 0.3 is 0 Å². The molecular weight excluding hydrogens is 160 g/mol. The predicted octanol–water partition coefficient (Wildman–Crippen LogP) is 4.00. The van der Waals surface area contributed by atoms with Crippen molar-refractivity contribution in [3.05, 3.63) is 36.1 Å². The number of hydrogen-bond donors (Lipinski definition) is 1. The fourth-order valence-electron chi connectivity index (χ4n) is 1.12. The lowest BCUT2D eigenvalue weighted by Gasteiger charge is -2.00. The summed E-state index contributed by atoms with van der Waals surface area (Å²) in [5, 5.41) is 9.22. The topological polar surface area (TPSA) is 20.2 Å². The molecule has 0 bridgehead atoms. The highest BCUT2D eigenvalue weighted by Crippen LogP contribution is 2.06. The zero-order chi connectivity index (χ0) is 10.1. The van der Waals surface area contributed by atoms with E-state index >= 15 is 0 Å². The molecule has 0 spiro atoms. The molecule has 0 amide bonds. The van der Waals surface area contributed by atoms with Gasteiger partial charge in [-0.25, -0.2) is 0 Å². The largest absolute Gasteiger partial charge is 0.508 e. The van der Waals surface area contributed by atoms with E-state index in [1.165, 1.54) is 12.8 Å². The summed E-state index contributed by atoms with van der Waals surface area (Å²) in [6.45, 7) is 6.24. The fraction of sp³-hybridized carbons (Fsp3) is 0.500. The van der Waals surface area contributed by atoms with Gasteiger partial charge in [0.25, 0.3) is 0 Å². The Morgan fingerprint density at radius 1 is 1.46 bits per heavy atom. The molecule has 1 atom stereocenters. The second-order valence-corrected chi connectivity index (χ2v) is 3.24. The standard InChI is InChI=1S/C12H20O/c1-4-7-11(3)9-6-10-12(13)8-5-2/h5-6,8-11,13H,4,7H2,1-3H3/b8-5-,9-6-,12-10+. The quantitative estimate of drug-likeness (QED) is 0.501. The van der Waals surface area contributed by atoms with Crippen LogP contribution >= 0.6 is 0 Å². The highest BCUT2D eigenvalue weighted by molar-refractivity contribution is 5.16. The fourth-order valence-corrected chi connectivity index (χ4v) is 1.12. The molecule has 0 aromatic carbocycles. The Hall–Kier alpha value is -0.980. The first-order valence-electron chi connectivity index (χ1n) is 4.90. The van der Waals surface area contributed by atoms with E-state index in [1.54, 1.807) is 12.2 Å². The van der Waals surface area contributed by atoms with E-state index in [0.29, 0.717) is 11.7 Å². The first-order valence-corrected chi connectivity index (χ1v) is 4.90. The maximum Gasteiger partial charge on any atom is 0.115 e. The zero-order valence-electron chi connectivity index (χ0n) is 8.83. The summed E-state index contributed by atoms with van der Waals surface area (Å²) < 4.78 is 0. The molecule has 1 heteroatoms. The van der Waals surface area contributed by atoms with Crippen LogP contribution in [0.4, 0.5) is 0 Å². The minimum atomic E-state index is 0.308. The lowest BCUT2D eigenvalue weighted by Crippen LogP contribution is -1.86. The van der Waals surface area contributed by atoms with Gasteiger partial charge in [0.15, 0.2) is 0 Å². The van der Waals surface area contributed by atoms with Gasteiger partial charge in [-0.15, -0.1) is 0 Å². The summed E-state index contributed by atoms with van der Waals surface area (Å²) >= 11 is 0. The molecule has 0 radical (unpaired) electrons. The average molecular weight is 180 g/mol. The van der Waals surface area contributed by atoms with Crippen molar-refractivity contribution in [2.24, 2.45) is 5.92 Å². The molecule has 0 fully saturated rings. The summed E-state index contributed by atoms with van der Waals surface area (Å²) in [4.78, 5) is 0. The van der Waals surface area contributed by atoms with E-state index < -0.39 is 0 Å². The molecule has 0 aliphatic carbocycles. The van der Waals surface area contributed by atoms with Gasteiger partial charge in [-0.3, -0.25) is 0 Å². The predicted molar refractivity (Wildman–Crippen MR) is 58.7 cm³/mol. The van der Waals surface area contributed by atoms with Crippen LogP contribution in [0.5, 0.6) is 0 Å². The lowest BCUT2D eigenvalue weighted by atomic mass is 10.1. The van der Waals surface area contributed by atoms with Crippen LogP contribution in [0.2, 0.25) is 0 Å². The monoisotopic (exact) mass is 180 g/mol. The van der Waals surface area contributed by atoms with Crippen molar-refractivity contribution in [2.75, 3.05) is 0 Å². The first kappa shape index (κ1) is 12.0.